The summed E-state index contributed by atoms with van der Waals surface area (Å²) in [5.74, 6) is -0.982. The van der Waals surface area contributed by atoms with Crippen LogP contribution in [0.1, 0.15) is 20.8 Å². The molecular weight excluding hydrogens is 216 g/mol. The average Bonchev–Trinajstić information content (AvgIpc) is 2.21. The molecule has 0 amide bonds. The minimum atomic E-state index is -0.978. The summed E-state index contributed by atoms with van der Waals surface area (Å²) in [6.07, 6.45) is -2.72. The fourth-order valence-electron chi connectivity index (χ4n) is 1.01. The van der Waals surface area contributed by atoms with Crippen molar-refractivity contribution in [3.8, 4) is 0 Å². The number of hydrogen-bond donors (Lipinski definition) is 3. The lowest BCUT2D eigenvalue weighted by Crippen LogP contribution is -2.39. The zero-order valence-electron chi connectivity index (χ0n) is 9.79. The molecule has 4 atom stereocenters. The molecule has 3 N–H and O–H groups in total. The fourth-order valence-corrected chi connectivity index (χ4v) is 1.01. The lowest BCUT2D eigenvalue weighted by molar-refractivity contribution is -0.220. The second kappa shape index (κ2) is 7.56. The molecular formula is C10H20O6. The van der Waals surface area contributed by atoms with Gasteiger partial charge in [0.05, 0.1) is 19.3 Å². The van der Waals surface area contributed by atoms with Gasteiger partial charge in [0.1, 0.15) is 6.10 Å². The largest absolute Gasteiger partial charge is 0.436 e. The van der Waals surface area contributed by atoms with Crippen molar-refractivity contribution >= 4 is 5.97 Å². The summed E-state index contributed by atoms with van der Waals surface area (Å²) in [7, 11) is 0. The van der Waals surface area contributed by atoms with Gasteiger partial charge >= 0.3 is 5.97 Å². The molecule has 6 nitrogen and oxygen atoms in total. The van der Waals surface area contributed by atoms with Gasteiger partial charge in [0.15, 0.2) is 0 Å². The van der Waals surface area contributed by atoms with Gasteiger partial charge in [-0.1, -0.05) is 6.92 Å². The smallest absolute Gasteiger partial charge is 0.304 e. The Kier molecular flexibility index (Phi) is 7.24. The first-order valence-corrected chi connectivity index (χ1v) is 5.14. The first kappa shape index (κ1) is 15.3. The highest BCUT2D eigenvalue weighted by Crippen LogP contribution is 2.13. The van der Waals surface area contributed by atoms with Gasteiger partial charge in [0, 0.05) is 12.8 Å². The van der Waals surface area contributed by atoms with E-state index in [1.807, 2.05) is 0 Å². The van der Waals surface area contributed by atoms with Crippen molar-refractivity contribution in [2.75, 3.05) is 13.2 Å². The molecule has 0 aromatic heterocycles. The van der Waals surface area contributed by atoms with Crippen LogP contribution in [0.3, 0.4) is 0 Å². The highest BCUT2D eigenvalue weighted by molar-refractivity contribution is 5.66. The maximum absolute atomic E-state index is 10.8. The number of hydrogen-bond acceptors (Lipinski definition) is 6. The van der Waals surface area contributed by atoms with Gasteiger partial charge in [0.25, 0.3) is 0 Å². The van der Waals surface area contributed by atoms with Crippen LogP contribution < -0.4 is 0 Å². The summed E-state index contributed by atoms with van der Waals surface area (Å²) < 4.78 is 10.1. The molecule has 0 saturated heterocycles. The highest BCUT2D eigenvalue weighted by atomic mass is 16.7. The summed E-state index contributed by atoms with van der Waals surface area (Å²) >= 11 is 0. The predicted octanol–water partition coefficient (Wildman–Crippen LogP) is -0.738. The normalized spacial score (nSPS) is 18.6. The number of carbonyl (C=O) groups is 1. The SMILES string of the molecule is CC(=O)O[C@H](OC(CO)[C@H](C)O)[C@@H](C)CO. The van der Waals surface area contributed by atoms with E-state index in [1.54, 1.807) is 6.92 Å². The van der Waals surface area contributed by atoms with Gasteiger partial charge in [-0.25, -0.2) is 0 Å². The monoisotopic (exact) mass is 236 g/mol. The molecule has 0 rings (SSSR count). The maximum Gasteiger partial charge on any atom is 0.304 e. The van der Waals surface area contributed by atoms with Crippen molar-refractivity contribution in [3.05, 3.63) is 0 Å². The van der Waals surface area contributed by atoms with Crippen LogP contribution in [0.2, 0.25) is 0 Å². The molecule has 0 aliphatic carbocycles. The third-order valence-corrected chi connectivity index (χ3v) is 2.06. The number of rotatable bonds is 7. The lowest BCUT2D eigenvalue weighted by atomic mass is 10.2. The zero-order valence-corrected chi connectivity index (χ0v) is 9.79. The van der Waals surface area contributed by atoms with E-state index >= 15 is 0 Å². The molecule has 0 fully saturated rings. The molecule has 0 aromatic rings. The number of esters is 1. The van der Waals surface area contributed by atoms with E-state index in [4.69, 9.17) is 19.7 Å². The van der Waals surface area contributed by atoms with E-state index in [9.17, 15) is 9.90 Å². The molecule has 0 aliphatic rings. The van der Waals surface area contributed by atoms with E-state index in [0.717, 1.165) is 0 Å². The van der Waals surface area contributed by atoms with E-state index < -0.39 is 37.0 Å². The highest BCUT2D eigenvalue weighted by Gasteiger charge is 2.26. The zero-order chi connectivity index (χ0) is 12.7. The third kappa shape index (κ3) is 5.41. The van der Waals surface area contributed by atoms with Crippen LogP contribution in [-0.4, -0.2) is 53.0 Å². The van der Waals surface area contributed by atoms with E-state index in [2.05, 4.69) is 0 Å². The Hall–Kier alpha value is -0.690. The number of aliphatic hydroxyl groups is 3. The van der Waals surface area contributed by atoms with Crippen molar-refractivity contribution in [1.82, 2.24) is 0 Å². The Morgan fingerprint density at radius 2 is 1.81 bits per heavy atom. The van der Waals surface area contributed by atoms with Gasteiger partial charge in [-0.05, 0) is 6.92 Å². The molecule has 0 bridgehead atoms. The van der Waals surface area contributed by atoms with Crippen molar-refractivity contribution in [3.63, 3.8) is 0 Å². The first-order valence-electron chi connectivity index (χ1n) is 5.14. The molecule has 1 unspecified atom stereocenters. The predicted molar refractivity (Wildman–Crippen MR) is 55.4 cm³/mol. The Balaban J connectivity index is 4.45. The topological polar surface area (TPSA) is 96.2 Å². The fraction of sp³-hybridized carbons (Fsp3) is 0.900. The lowest BCUT2D eigenvalue weighted by Gasteiger charge is -2.27. The van der Waals surface area contributed by atoms with Crippen LogP contribution in [-0.2, 0) is 14.3 Å². The van der Waals surface area contributed by atoms with Crippen LogP contribution in [0, 0.1) is 5.92 Å². The van der Waals surface area contributed by atoms with Crippen molar-refractivity contribution < 1.29 is 29.6 Å². The first-order chi connectivity index (χ1) is 7.42. The molecule has 0 aromatic carbocycles. The Morgan fingerprint density at radius 1 is 1.25 bits per heavy atom. The Bertz CT molecular complexity index is 205. The molecule has 0 spiro atoms. The Morgan fingerprint density at radius 3 is 2.12 bits per heavy atom. The van der Waals surface area contributed by atoms with Gasteiger partial charge in [-0.2, -0.15) is 0 Å². The number of aliphatic hydroxyl groups excluding tert-OH is 3. The van der Waals surface area contributed by atoms with E-state index in [-0.39, 0.29) is 6.61 Å². The van der Waals surface area contributed by atoms with Gasteiger partial charge in [-0.3, -0.25) is 4.79 Å². The third-order valence-electron chi connectivity index (χ3n) is 2.06. The summed E-state index contributed by atoms with van der Waals surface area (Å²) in [4.78, 5) is 10.8. The summed E-state index contributed by atoms with van der Waals surface area (Å²) in [6, 6.07) is 0. The van der Waals surface area contributed by atoms with Crippen molar-refractivity contribution in [1.29, 1.82) is 0 Å². The average molecular weight is 236 g/mol. The van der Waals surface area contributed by atoms with Crippen molar-refractivity contribution in [2.45, 2.75) is 39.3 Å². The molecule has 96 valence electrons. The van der Waals surface area contributed by atoms with Crippen molar-refractivity contribution in [2.24, 2.45) is 5.92 Å². The molecule has 16 heavy (non-hydrogen) atoms. The van der Waals surface area contributed by atoms with E-state index in [1.165, 1.54) is 13.8 Å². The maximum atomic E-state index is 10.8. The molecule has 0 heterocycles. The standard InChI is InChI=1S/C10H20O6/c1-6(4-11)10(15-8(3)14)16-9(5-12)7(2)13/h6-7,9-13H,4-5H2,1-3H3/t6-,7-,9?,10+/m0/s1. The van der Waals surface area contributed by atoms with Crippen LogP contribution in [0.5, 0.6) is 0 Å². The van der Waals surface area contributed by atoms with Crippen LogP contribution >= 0.6 is 0 Å². The molecule has 0 radical (unpaired) electrons. The van der Waals surface area contributed by atoms with Crippen LogP contribution in [0.15, 0.2) is 0 Å². The van der Waals surface area contributed by atoms with Crippen LogP contribution in [0.4, 0.5) is 0 Å². The minimum absolute atomic E-state index is 0.226. The molecule has 0 saturated carbocycles. The number of ether oxygens (including phenoxy) is 2. The number of carbonyl (C=O) groups excluding carboxylic acids is 1. The minimum Gasteiger partial charge on any atom is -0.436 e. The molecule has 6 heteroatoms. The summed E-state index contributed by atoms with van der Waals surface area (Å²) in [5.41, 5.74) is 0. The van der Waals surface area contributed by atoms with Gasteiger partial charge < -0.3 is 24.8 Å². The summed E-state index contributed by atoms with van der Waals surface area (Å²) in [5, 5.41) is 27.2. The second-order valence-corrected chi connectivity index (χ2v) is 3.74. The Labute approximate surface area is 94.8 Å². The second-order valence-electron chi connectivity index (χ2n) is 3.74. The van der Waals surface area contributed by atoms with Gasteiger partial charge in [0.2, 0.25) is 6.29 Å². The van der Waals surface area contributed by atoms with E-state index in [0.29, 0.717) is 0 Å². The molecule has 0 aliphatic heterocycles. The van der Waals surface area contributed by atoms with Crippen LogP contribution in [0.25, 0.3) is 0 Å². The quantitative estimate of drug-likeness (QED) is 0.398. The summed E-state index contributed by atoms with van der Waals surface area (Å²) in [6.45, 7) is 3.68. The van der Waals surface area contributed by atoms with Gasteiger partial charge in [-0.15, -0.1) is 0 Å².